The van der Waals surface area contributed by atoms with E-state index in [4.69, 9.17) is 0 Å². The molecule has 0 saturated heterocycles. The summed E-state index contributed by atoms with van der Waals surface area (Å²) in [4.78, 5) is 0. The minimum atomic E-state index is 0.772. The van der Waals surface area contributed by atoms with Crippen LogP contribution in [0.5, 0.6) is 0 Å². The number of rotatable bonds is 3. The molecule has 0 spiro atoms. The largest absolute Gasteiger partial charge is 0.308 e. The summed E-state index contributed by atoms with van der Waals surface area (Å²) >= 11 is 0. The van der Waals surface area contributed by atoms with Crippen molar-refractivity contribution in [1.82, 2.24) is 4.57 Å². The van der Waals surface area contributed by atoms with Gasteiger partial charge in [0.05, 0.1) is 5.69 Å². The Hall–Kier alpha value is -2.16. The molecule has 1 aromatic heterocycles. The molecule has 74 valence electrons. The Bertz CT molecular complexity index is 469. The second kappa shape index (κ2) is 4.37. The van der Waals surface area contributed by atoms with Crippen molar-refractivity contribution in [2.45, 2.75) is 0 Å². The lowest BCUT2D eigenvalue weighted by Gasteiger charge is -1.95. The number of hydrogen-bond acceptors (Lipinski definition) is 2. The summed E-state index contributed by atoms with van der Waals surface area (Å²) in [6, 6.07) is 13.4. The molecule has 1 aromatic carbocycles. The molecule has 2 aromatic rings. The Labute approximate surface area is 88.4 Å². The molecule has 0 radical (unpaired) electrons. The summed E-state index contributed by atoms with van der Waals surface area (Å²) in [7, 11) is 0. The van der Waals surface area contributed by atoms with Crippen LogP contribution in [0, 0.1) is 0 Å². The molecule has 2 rings (SSSR count). The van der Waals surface area contributed by atoms with Crippen molar-refractivity contribution >= 4 is 17.7 Å². The van der Waals surface area contributed by atoms with Crippen molar-refractivity contribution in [3.05, 3.63) is 55.2 Å². The van der Waals surface area contributed by atoms with E-state index in [1.54, 1.807) is 6.20 Å². The zero-order valence-electron chi connectivity index (χ0n) is 8.24. The lowest BCUT2D eigenvalue weighted by atomic mass is 10.3. The molecule has 15 heavy (non-hydrogen) atoms. The molecule has 0 N–H and O–H groups in total. The third kappa shape index (κ3) is 2.20. The van der Waals surface area contributed by atoms with Gasteiger partial charge in [0.1, 0.15) is 0 Å². The van der Waals surface area contributed by atoms with Crippen molar-refractivity contribution in [2.75, 3.05) is 0 Å². The fourth-order valence-corrected chi connectivity index (χ4v) is 1.23. The maximum Gasteiger partial charge on any atom is 0.159 e. The number of benzene rings is 1. The molecule has 0 amide bonds. The summed E-state index contributed by atoms with van der Waals surface area (Å²) < 4.78 is 1.81. The minimum Gasteiger partial charge on any atom is -0.308 e. The smallest absolute Gasteiger partial charge is 0.159 e. The average Bonchev–Trinajstić information content (AvgIpc) is 2.75. The molecular weight excluding hydrogens is 186 g/mol. The topological polar surface area (TPSA) is 29.6 Å². The first-order valence-corrected chi connectivity index (χ1v) is 4.66. The van der Waals surface area contributed by atoms with Crippen molar-refractivity contribution in [3.63, 3.8) is 0 Å². The molecule has 0 bridgehead atoms. The van der Waals surface area contributed by atoms with Gasteiger partial charge < -0.3 is 4.57 Å². The first kappa shape index (κ1) is 9.40. The summed E-state index contributed by atoms with van der Waals surface area (Å²) in [5, 5.41) is 8.24. The van der Waals surface area contributed by atoms with Gasteiger partial charge in [0.2, 0.25) is 0 Å². The minimum absolute atomic E-state index is 0.772. The summed E-state index contributed by atoms with van der Waals surface area (Å²) in [6.07, 6.45) is 3.58. The molecule has 1 heterocycles. The standard InChI is InChI=1S/C12H11N3/c1-2-15-10-6-9-12(15)14-13-11-7-4-3-5-8-11/h2-10H,1H2. The van der Waals surface area contributed by atoms with Gasteiger partial charge in [-0.3, -0.25) is 0 Å². The molecule has 0 aliphatic rings. The van der Waals surface area contributed by atoms with Gasteiger partial charge in [0, 0.05) is 12.4 Å². The predicted molar refractivity (Wildman–Crippen MR) is 61.4 cm³/mol. The maximum absolute atomic E-state index is 4.12. The van der Waals surface area contributed by atoms with E-state index in [9.17, 15) is 0 Å². The zero-order chi connectivity index (χ0) is 10.5. The summed E-state index contributed by atoms with van der Waals surface area (Å²) in [5.41, 5.74) is 0.842. The highest BCUT2D eigenvalue weighted by Crippen LogP contribution is 2.18. The number of azo groups is 1. The lowest BCUT2D eigenvalue weighted by Crippen LogP contribution is -1.78. The molecule has 0 atom stereocenters. The van der Waals surface area contributed by atoms with Gasteiger partial charge in [0.25, 0.3) is 0 Å². The third-order valence-corrected chi connectivity index (χ3v) is 1.98. The Morgan fingerprint density at radius 1 is 1.00 bits per heavy atom. The molecule has 0 unspecified atom stereocenters. The summed E-state index contributed by atoms with van der Waals surface area (Å²) in [6.45, 7) is 3.68. The van der Waals surface area contributed by atoms with Gasteiger partial charge in [-0.05, 0) is 24.3 Å². The summed E-state index contributed by atoms with van der Waals surface area (Å²) in [5.74, 6) is 0.772. The van der Waals surface area contributed by atoms with Crippen LogP contribution in [-0.2, 0) is 0 Å². The highest BCUT2D eigenvalue weighted by atomic mass is 15.2. The van der Waals surface area contributed by atoms with Gasteiger partial charge >= 0.3 is 0 Å². The number of hydrogen-bond donors (Lipinski definition) is 0. The monoisotopic (exact) mass is 197 g/mol. The molecule has 3 heteroatoms. The lowest BCUT2D eigenvalue weighted by molar-refractivity contribution is 1.09. The normalized spacial score (nSPS) is 10.7. The van der Waals surface area contributed by atoms with Crippen LogP contribution in [0.25, 0.3) is 6.20 Å². The SMILES string of the molecule is C=Cn1cccc1N=Nc1ccccc1. The molecule has 0 aliphatic heterocycles. The molecular formula is C12H11N3. The Morgan fingerprint density at radius 2 is 1.80 bits per heavy atom. The van der Waals surface area contributed by atoms with Crippen molar-refractivity contribution < 1.29 is 0 Å². The van der Waals surface area contributed by atoms with Gasteiger partial charge in [0.15, 0.2) is 5.82 Å². The van der Waals surface area contributed by atoms with Crippen LogP contribution < -0.4 is 0 Å². The van der Waals surface area contributed by atoms with E-state index in [0.717, 1.165) is 11.5 Å². The van der Waals surface area contributed by atoms with E-state index in [0.29, 0.717) is 0 Å². The van der Waals surface area contributed by atoms with E-state index >= 15 is 0 Å². The van der Waals surface area contributed by atoms with Gasteiger partial charge in [-0.15, -0.1) is 10.2 Å². The zero-order valence-corrected chi connectivity index (χ0v) is 8.24. The first-order valence-electron chi connectivity index (χ1n) is 4.66. The highest BCUT2D eigenvalue weighted by Gasteiger charge is 1.94. The molecule has 0 aliphatic carbocycles. The first-order chi connectivity index (χ1) is 7.40. The van der Waals surface area contributed by atoms with Crippen LogP contribution in [0.4, 0.5) is 11.5 Å². The number of nitrogens with zero attached hydrogens (tertiary/aromatic N) is 3. The van der Waals surface area contributed by atoms with Crippen LogP contribution in [0.1, 0.15) is 0 Å². The van der Waals surface area contributed by atoms with E-state index < -0.39 is 0 Å². The second-order valence-corrected chi connectivity index (χ2v) is 2.99. The van der Waals surface area contributed by atoms with Crippen LogP contribution in [0.15, 0.2) is 65.5 Å². The third-order valence-electron chi connectivity index (χ3n) is 1.98. The van der Waals surface area contributed by atoms with Crippen molar-refractivity contribution in [1.29, 1.82) is 0 Å². The Kier molecular flexibility index (Phi) is 2.74. The van der Waals surface area contributed by atoms with Crippen LogP contribution in [0.3, 0.4) is 0 Å². The Balaban J connectivity index is 2.22. The fraction of sp³-hybridized carbons (Fsp3) is 0. The quantitative estimate of drug-likeness (QED) is 0.665. The molecule has 3 nitrogen and oxygen atoms in total. The van der Waals surface area contributed by atoms with E-state index in [1.165, 1.54) is 0 Å². The molecule has 0 saturated carbocycles. The fourth-order valence-electron chi connectivity index (χ4n) is 1.23. The number of aromatic nitrogens is 1. The van der Waals surface area contributed by atoms with Crippen LogP contribution in [0.2, 0.25) is 0 Å². The highest BCUT2D eigenvalue weighted by molar-refractivity contribution is 5.40. The van der Waals surface area contributed by atoms with Gasteiger partial charge in [-0.2, -0.15) is 0 Å². The van der Waals surface area contributed by atoms with Crippen molar-refractivity contribution in [2.24, 2.45) is 10.2 Å². The van der Waals surface area contributed by atoms with E-state index in [1.807, 2.05) is 53.2 Å². The van der Waals surface area contributed by atoms with Crippen LogP contribution in [-0.4, -0.2) is 4.57 Å². The Morgan fingerprint density at radius 3 is 2.53 bits per heavy atom. The van der Waals surface area contributed by atoms with Gasteiger partial charge in [-0.1, -0.05) is 24.8 Å². The van der Waals surface area contributed by atoms with E-state index in [-0.39, 0.29) is 0 Å². The van der Waals surface area contributed by atoms with Gasteiger partial charge in [-0.25, -0.2) is 0 Å². The average molecular weight is 197 g/mol. The van der Waals surface area contributed by atoms with E-state index in [2.05, 4.69) is 16.8 Å². The van der Waals surface area contributed by atoms with Crippen LogP contribution >= 0.6 is 0 Å². The molecule has 0 fully saturated rings. The maximum atomic E-state index is 4.12. The second-order valence-electron chi connectivity index (χ2n) is 2.99. The van der Waals surface area contributed by atoms with Crippen molar-refractivity contribution in [3.8, 4) is 0 Å². The predicted octanol–water partition coefficient (Wildman–Crippen LogP) is 4.00.